The number of carbonyl (C=O) groups is 2. The molecule has 0 spiro atoms. The lowest BCUT2D eigenvalue weighted by Crippen LogP contribution is -2.30. The molecule has 5 nitrogen and oxygen atoms in total. The Bertz CT molecular complexity index is 516. The zero-order chi connectivity index (χ0) is 11.7. The molecule has 0 saturated heterocycles. The van der Waals surface area contributed by atoms with Crippen molar-refractivity contribution in [3.05, 3.63) is 29.3 Å². The molecule has 1 heterocycles. The van der Waals surface area contributed by atoms with Gasteiger partial charge in [-0.05, 0) is 18.2 Å². The first kappa shape index (κ1) is 10.2. The number of hydrogen-bond acceptors (Lipinski definition) is 4. The van der Waals surface area contributed by atoms with Crippen molar-refractivity contribution in [1.82, 2.24) is 4.90 Å². The van der Waals surface area contributed by atoms with E-state index in [-0.39, 0.29) is 24.8 Å². The van der Waals surface area contributed by atoms with Crippen LogP contribution in [0.15, 0.2) is 18.2 Å². The normalized spacial score (nSPS) is 13.8. The van der Waals surface area contributed by atoms with Crippen molar-refractivity contribution >= 4 is 17.5 Å². The number of carbonyl (C=O) groups excluding carboxylic acids is 2. The Morgan fingerprint density at radius 1 is 1.25 bits per heavy atom. The number of hydrogen-bond donors (Lipinski definition) is 1. The van der Waals surface area contributed by atoms with Gasteiger partial charge in [-0.1, -0.05) is 0 Å². The number of amides is 2. The molecule has 16 heavy (non-hydrogen) atoms. The highest BCUT2D eigenvalue weighted by molar-refractivity contribution is 6.21. The summed E-state index contributed by atoms with van der Waals surface area (Å²) in [7, 11) is 0. The van der Waals surface area contributed by atoms with Crippen LogP contribution in [0.3, 0.4) is 0 Å². The highest BCUT2D eigenvalue weighted by atomic mass is 16.2. The maximum atomic E-state index is 11.8. The van der Waals surface area contributed by atoms with E-state index < -0.39 is 0 Å². The fourth-order valence-electron chi connectivity index (χ4n) is 1.67. The summed E-state index contributed by atoms with van der Waals surface area (Å²) in [6.45, 7) is 0.128. The summed E-state index contributed by atoms with van der Waals surface area (Å²) in [6, 6.07) is 6.51. The fraction of sp³-hybridized carbons (Fsp3) is 0.182. The van der Waals surface area contributed by atoms with Crippen molar-refractivity contribution in [2.75, 3.05) is 12.3 Å². The minimum Gasteiger partial charge on any atom is -0.399 e. The number of imide groups is 1. The summed E-state index contributed by atoms with van der Waals surface area (Å²) >= 11 is 0. The van der Waals surface area contributed by atoms with Crippen LogP contribution in [-0.2, 0) is 0 Å². The Labute approximate surface area is 92.1 Å². The first-order valence-electron chi connectivity index (χ1n) is 4.78. The van der Waals surface area contributed by atoms with Crippen molar-refractivity contribution in [3.8, 4) is 6.07 Å². The Balaban J connectivity index is 2.37. The molecule has 2 N–H and O–H groups in total. The number of nitrogen functional groups attached to an aromatic ring is 1. The van der Waals surface area contributed by atoms with E-state index in [0.29, 0.717) is 16.8 Å². The lowest BCUT2D eigenvalue weighted by atomic mass is 10.1. The summed E-state index contributed by atoms with van der Waals surface area (Å²) in [5.41, 5.74) is 6.68. The monoisotopic (exact) mass is 215 g/mol. The number of nitrogens with zero attached hydrogens (tertiary/aromatic N) is 2. The molecule has 0 atom stereocenters. The molecule has 2 rings (SSSR count). The summed E-state index contributed by atoms with van der Waals surface area (Å²) in [6.07, 6.45) is 0.140. The van der Waals surface area contributed by atoms with Crippen LogP contribution in [0.4, 0.5) is 5.69 Å². The fourth-order valence-corrected chi connectivity index (χ4v) is 1.67. The molecule has 1 aliphatic rings. The number of nitriles is 1. The van der Waals surface area contributed by atoms with Crippen LogP contribution in [0.5, 0.6) is 0 Å². The molecule has 1 aliphatic heterocycles. The van der Waals surface area contributed by atoms with Crippen LogP contribution in [0.25, 0.3) is 0 Å². The third kappa shape index (κ3) is 1.41. The van der Waals surface area contributed by atoms with Gasteiger partial charge >= 0.3 is 0 Å². The molecule has 0 fully saturated rings. The second kappa shape index (κ2) is 3.66. The number of rotatable bonds is 2. The van der Waals surface area contributed by atoms with Crippen LogP contribution >= 0.6 is 0 Å². The molecule has 0 aromatic heterocycles. The van der Waals surface area contributed by atoms with Crippen molar-refractivity contribution in [3.63, 3.8) is 0 Å². The molecule has 1 aromatic carbocycles. The molecule has 1 aromatic rings. The molecule has 2 amide bonds. The number of anilines is 1. The summed E-state index contributed by atoms with van der Waals surface area (Å²) in [4.78, 5) is 24.7. The van der Waals surface area contributed by atoms with E-state index in [9.17, 15) is 9.59 Å². The van der Waals surface area contributed by atoms with Crippen LogP contribution in [-0.4, -0.2) is 23.3 Å². The maximum Gasteiger partial charge on any atom is 0.261 e. The van der Waals surface area contributed by atoms with Gasteiger partial charge in [-0.2, -0.15) is 5.26 Å². The molecule has 0 unspecified atom stereocenters. The van der Waals surface area contributed by atoms with Crippen LogP contribution in [0.2, 0.25) is 0 Å². The molecular formula is C11H9N3O2. The van der Waals surface area contributed by atoms with Gasteiger partial charge in [-0.15, -0.1) is 0 Å². The standard InChI is InChI=1S/C11H9N3O2/c12-4-1-5-14-10(15)8-3-2-7(13)6-9(8)11(14)16/h2-3,6H,1,5,13H2. The summed E-state index contributed by atoms with van der Waals surface area (Å²) in [5.74, 6) is -0.724. The lowest BCUT2D eigenvalue weighted by Gasteiger charge is -2.10. The number of fused-ring (bicyclic) bond motifs is 1. The number of benzene rings is 1. The third-order valence-corrected chi connectivity index (χ3v) is 2.44. The zero-order valence-electron chi connectivity index (χ0n) is 8.43. The van der Waals surface area contributed by atoms with E-state index in [1.54, 1.807) is 6.07 Å². The minimum atomic E-state index is -0.373. The van der Waals surface area contributed by atoms with E-state index in [0.717, 1.165) is 4.90 Å². The first-order valence-corrected chi connectivity index (χ1v) is 4.78. The molecule has 80 valence electrons. The van der Waals surface area contributed by atoms with Gasteiger partial charge in [0.25, 0.3) is 11.8 Å². The highest BCUT2D eigenvalue weighted by Crippen LogP contribution is 2.24. The van der Waals surface area contributed by atoms with E-state index in [1.807, 2.05) is 6.07 Å². The van der Waals surface area contributed by atoms with Crippen molar-refractivity contribution in [2.45, 2.75) is 6.42 Å². The lowest BCUT2D eigenvalue weighted by molar-refractivity contribution is 0.0658. The largest absolute Gasteiger partial charge is 0.399 e. The van der Waals surface area contributed by atoms with E-state index in [2.05, 4.69) is 0 Å². The predicted molar refractivity (Wildman–Crippen MR) is 56.5 cm³/mol. The van der Waals surface area contributed by atoms with E-state index in [4.69, 9.17) is 11.0 Å². The quantitative estimate of drug-likeness (QED) is 0.583. The molecule has 5 heteroatoms. The number of nitrogens with two attached hydrogens (primary N) is 1. The Hall–Kier alpha value is -2.35. The van der Waals surface area contributed by atoms with Gasteiger partial charge in [0.05, 0.1) is 23.6 Å². The predicted octanol–water partition coefficient (Wildman–Crippen LogP) is 0.778. The van der Waals surface area contributed by atoms with Gasteiger partial charge in [0, 0.05) is 12.2 Å². The van der Waals surface area contributed by atoms with Gasteiger partial charge in [-0.3, -0.25) is 14.5 Å². The van der Waals surface area contributed by atoms with Crippen molar-refractivity contribution < 1.29 is 9.59 Å². The van der Waals surface area contributed by atoms with Gasteiger partial charge in [0.1, 0.15) is 0 Å². The van der Waals surface area contributed by atoms with Crippen LogP contribution in [0.1, 0.15) is 27.1 Å². The maximum absolute atomic E-state index is 11.8. The van der Waals surface area contributed by atoms with Gasteiger partial charge in [0.2, 0.25) is 0 Å². The van der Waals surface area contributed by atoms with Crippen LogP contribution in [0, 0.1) is 11.3 Å². The zero-order valence-corrected chi connectivity index (χ0v) is 8.43. The Morgan fingerprint density at radius 3 is 2.62 bits per heavy atom. The summed E-state index contributed by atoms with van der Waals surface area (Å²) in [5, 5.41) is 8.44. The molecule has 0 bridgehead atoms. The molecule has 0 aliphatic carbocycles. The smallest absolute Gasteiger partial charge is 0.261 e. The third-order valence-electron chi connectivity index (χ3n) is 2.44. The minimum absolute atomic E-state index is 0.128. The second-order valence-electron chi connectivity index (χ2n) is 3.48. The van der Waals surface area contributed by atoms with Crippen molar-refractivity contribution in [1.29, 1.82) is 5.26 Å². The van der Waals surface area contributed by atoms with E-state index in [1.165, 1.54) is 12.1 Å². The topological polar surface area (TPSA) is 87.2 Å². The SMILES string of the molecule is N#CCCN1C(=O)c2ccc(N)cc2C1=O. The molecule has 0 radical (unpaired) electrons. The molecular weight excluding hydrogens is 206 g/mol. The first-order chi connectivity index (χ1) is 7.65. The van der Waals surface area contributed by atoms with Gasteiger partial charge in [0.15, 0.2) is 0 Å². The average molecular weight is 215 g/mol. The summed E-state index contributed by atoms with van der Waals surface area (Å²) < 4.78 is 0. The van der Waals surface area contributed by atoms with Gasteiger partial charge in [-0.25, -0.2) is 0 Å². The average Bonchev–Trinajstić information content (AvgIpc) is 2.50. The van der Waals surface area contributed by atoms with Crippen molar-refractivity contribution in [2.24, 2.45) is 0 Å². The Kier molecular flexibility index (Phi) is 2.33. The van der Waals surface area contributed by atoms with Crippen LogP contribution < -0.4 is 5.73 Å². The van der Waals surface area contributed by atoms with Gasteiger partial charge < -0.3 is 5.73 Å². The second-order valence-corrected chi connectivity index (χ2v) is 3.48. The Morgan fingerprint density at radius 2 is 1.94 bits per heavy atom. The molecule has 0 saturated carbocycles. The highest BCUT2D eigenvalue weighted by Gasteiger charge is 2.34. The van der Waals surface area contributed by atoms with E-state index >= 15 is 0 Å².